The van der Waals surface area contributed by atoms with Gasteiger partial charge in [-0.1, -0.05) is 24.3 Å². The molecule has 2 aromatic carbocycles. The number of carbonyl (C=O) groups excluding carboxylic acids is 3. The number of ether oxygens (including phenoxy) is 4. The Kier molecular flexibility index (Phi) is 8.20. The minimum absolute atomic E-state index is 0.145. The lowest BCUT2D eigenvalue weighted by molar-refractivity contribution is -0.152. The molecule has 0 aromatic heterocycles. The van der Waals surface area contributed by atoms with Gasteiger partial charge in [0.2, 0.25) is 0 Å². The third-order valence-corrected chi connectivity index (χ3v) is 7.03. The average Bonchev–Trinajstić information content (AvgIpc) is 2.92. The van der Waals surface area contributed by atoms with Crippen LogP contribution in [0.5, 0.6) is 11.5 Å². The Morgan fingerprint density at radius 2 is 1.61 bits per heavy atom. The maximum Gasteiger partial charge on any atom is 0.336 e. The number of allylic oxidation sites excluding steroid dienone is 3. The Labute approximate surface area is 222 Å². The predicted molar refractivity (Wildman–Crippen MR) is 141 cm³/mol. The highest BCUT2D eigenvalue weighted by Gasteiger charge is 2.49. The zero-order valence-electron chi connectivity index (χ0n) is 22.3. The van der Waals surface area contributed by atoms with Gasteiger partial charge < -0.3 is 24.3 Å². The highest BCUT2D eigenvalue weighted by Crippen LogP contribution is 2.48. The first-order valence-electron chi connectivity index (χ1n) is 12.7. The largest absolute Gasteiger partial charge is 0.497 e. The lowest BCUT2D eigenvalue weighted by Crippen LogP contribution is -2.43. The number of methoxy groups -OCH3 is 2. The fourth-order valence-corrected chi connectivity index (χ4v) is 5.33. The van der Waals surface area contributed by atoms with Crippen molar-refractivity contribution in [3.8, 4) is 11.5 Å². The van der Waals surface area contributed by atoms with Gasteiger partial charge in [-0.05, 0) is 62.6 Å². The van der Waals surface area contributed by atoms with Crippen LogP contribution in [0.25, 0.3) is 0 Å². The number of rotatable bonds is 8. The number of esters is 2. The molecular formula is C30H33NO7. The Morgan fingerprint density at radius 3 is 2.24 bits per heavy atom. The molecule has 0 saturated carbocycles. The summed E-state index contributed by atoms with van der Waals surface area (Å²) < 4.78 is 21.5. The lowest BCUT2D eigenvalue weighted by atomic mass is 9.67. The molecule has 1 heterocycles. The van der Waals surface area contributed by atoms with Crippen molar-refractivity contribution in [2.75, 3.05) is 27.4 Å². The molecule has 38 heavy (non-hydrogen) atoms. The quantitative estimate of drug-likeness (QED) is 0.404. The van der Waals surface area contributed by atoms with E-state index in [2.05, 4.69) is 5.32 Å². The molecule has 0 saturated heterocycles. The van der Waals surface area contributed by atoms with E-state index in [9.17, 15) is 14.4 Å². The number of Topliss-reactive ketones (excluding diaryl/α,β-unsaturated/α-hetero) is 1. The molecule has 8 nitrogen and oxygen atoms in total. The molecule has 0 amide bonds. The van der Waals surface area contributed by atoms with E-state index >= 15 is 0 Å². The van der Waals surface area contributed by atoms with Crippen LogP contribution in [0.15, 0.2) is 71.1 Å². The van der Waals surface area contributed by atoms with Crippen molar-refractivity contribution in [2.24, 2.45) is 5.92 Å². The molecule has 2 aliphatic rings. The van der Waals surface area contributed by atoms with Crippen molar-refractivity contribution < 1.29 is 33.3 Å². The second kappa shape index (κ2) is 11.5. The minimum atomic E-state index is -1.08. The summed E-state index contributed by atoms with van der Waals surface area (Å²) in [5, 5.41) is 3.31. The fourth-order valence-electron chi connectivity index (χ4n) is 5.33. The van der Waals surface area contributed by atoms with Crippen LogP contribution in [-0.2, 0) is 23.9 Å². The molecule has 200 valence electrons. The normalized spacial score (nSPS) is 20.9. The van der Waals surface area contributed by atoms with Crippen molar-refractivity contribution >= 4 is 17.7 Å². The van der Waals surface area contributed by atoms with E-state index in [4.69, 9.17) is 18.9 Å². The Morgan fingerprint density at radius 1 is 0.921 bits per heavy atom. The van der Waals surface area contributed by atoms with Crippen molar-refractivity contribution in [3.63, 3.8) is 0 Å². The van der Waals surface area contributed by atoms with E-state index in [0.29, 0.717) is 40.5 Å². The molecule has 2 aromatic rings. The summed E-state index contributed by atoms with van der Waals surface area (Å²) in [4.78, 5) is 40.8. The molecule has 0 unspecified atom stereocenters. The van der Waals surface area contributed by atoms with Gasteiger partial charge in [0.25, 0.3) is 0 Å². The van der Waals surface area contributed by atoms with E-state index in [1.165, 1.54) is 0 Å². The van der Waals surface area contributed by atoms with Gasteiger partial charge in [-0.25, -0.2) is 4.79 Å². The second-order valence-corrected chi connectivity index (χ2v) is 9.16. The summed E-state index contributed by atoms with van der Waals surface area (Å²) in [7, 11) is 3.14. The summed E-state index contributed by atoms with van der Waals surface area (Å²) in [6.45, 7) is 5.58. The van der Waals surface area contributed by atoms with Crippen molar-refractivity contribution in [1.82, 2.24) is 5.32 Å². The molecule has 8 heteroatoms. The standard InChI is InChI=1S/C30H33NO7/c1-6-37-29(33)24-17(3)31-23-16-22(19-9-8-10-21(15-19)36-5)26(30(34)38-7-2)28(32)27(23)25(24)18-11-13-20(35-4)14-12-18/h8-15,22,25-26,31H,6-7,16H2,1-5H3/t22-,25-,26+/m1/s1. The SMILES string of the molecule is CCOC(=O)C1=C(C)NC2=C(C(=O)[C@@H](C(=O)OCC)[C@@H](c3cccc(OC)c3)C2)[C@@H]1c1ccc(OC)cc1. The van der Waals surface area contributed by atoms with Crippen molar-refractivity contribution in [3.05, 3.63) is 82.2 Å². The number of carbonyl (C=O) groups is 3. The molecule has 3 atom stereocenters. The molecule has 0 bridgehead atoms. The molecule has 1 aliphatic carbocycles. The van der Waals surface area contributed by atoms with Crippen molar-refractivity contribution in [1.29, 1.82) is 0 Å². The summed E-state index contributed by atoms with van der Waals surface area (Å²) >= 11 is 0. The summed E-state index contributed by atoms with van der Waals surface area (Å²) in [6.07, 6.45) is 0.373. The van der Waals surface area contributed by atoms with Crippen LogP contribution in [-0.4, -0.2) is 45.2 Å². The highest BCUT2D eigenvalue weighted by molar-refractivity contribution is 6.13. The molecule has 4 rings (SSSR count). The number of hydrogen-bond donors (Lipinski definition) is 1. The maximum atomic E-state index is 14.3. The van der Waals surface area contributed by atoms with Gasteiger partial charge in [0, 0.05) is 28.8 Å². The highest BCUT2D eigenvalue weighted by atomic mass is 16.5. The average molecular weight is 520 g/mol. The van der Waals surface area contributed by atoms with Gasteiger partial charge >= 0.3 is 11.9 Å². The number of benzene rings is 2. The topological polar surface area (TPSA) is 100 Å². The van der Waals surface area contributed by atoms with Crippen molar-refractivity contribution in [2.45, 2.75) is 39.0 Å². The van der Waals surface area contributed by atoms with E-state index in [0.717, 1.165) is 11.1 Å². The number of ketones is 1. The zero-order chi connectivity index (χ0) is 27.4. The second-order valence-electron chi connectivity index (χ2n) is 9.16. The van der Waals surface area contributed by atoms with Gasteiger partial charge in [0.15, 0.2) is 5.78 Å². The van der Waals surface area contributed by atoms with Gasteiger partial charge in [0.05, 0.1) is 33.0 Å². The molecule has 0 spiro atoms. The van der Waals surface area contributed by atoms with Crippen LogP contribution in [0.3, 0.4) is 0 Å². The smallest absolute Gasteiger partial charge is 0.336 e. The lowest BCUT2D eigenvalue weighted by Gasteiger charge is -2.39. The first kappa shape index (κ1) is 27.0. The fraction of sp³-hybridized carbons (Fsp3) is 0.367. The first-order chi connectivity index (χ1) is 18.3. The third kappa shape index (κ3) is 5.03. The van der Waals surface area contributed by atoms with Gasteiger partial charge in [-0.15, -0.1) is 0 Å². The third-order valence-electron chi connectivity index (χ3n) is 7.03. The Hall–Kier alpha value is -4.07. The molecule has 1 N–H and O–H groups in total. The van der Waals surface area contributed by atoms with Gasteiger partial charge in [0.1, 0.15) is 17.4 Å². The Balaban J connectivity index is 1.89. The number of dihydropyridines is 1. The molecule has 0 radical (unpaired) electrons. The summed E-state index contributed by atoms with van der Waals surface area (Å²) in [5.41, 5.74) is 3.51. The summed E-state index contributed by atoms with van der Waals surface area (Å²) in [5.74, 6) is -2.47. The minimum Gasteiger partial charge on any atom is -0.497 e. The van der Waals surface area contributed by atoms with Crippen LogP contribution in [0.1, 0.15) is 50.2 Å². The van der Waals surface area contributed by atoms with Crippen LogP contribution in [0.2, 0.25) is 0 Å². The van der Waals surface area contributed by atoms with E-state index in [1.807, 2.05) is 36.4 Å². The van der Waals surface area contributed by atoms with Gasteiger partial charge in [-0.2, -0.15) is 0 Å². The Bertz CT molecular complexity index is 1290. The number of hydrogen-bond acceptors (Lipinski definition) is 8. The van der Waals surface area contributed by atoms with E-state index < -0.39 is 29.7 Å². The summed E-state index contributed by atoms with van der Waals surface area (Å²) in [6, 6.07) is 14.6. The molecule has 0 fully saturated rings. The predicted octanol–water partition coefficient (Wildman–Crippen LogP) is 4.42. The maximum absolute atomic E-state index is 14.3. The monoisotopic (exact) mass is 519 g/mol. The van der Waals surface area contributed by atoms with Gasteiger partial charge in [-0.3, -0.25) is 9.59 Å². The molecule has 1 aliphatic heterocycles. The van der Waals surface area contributed by atoms with Crippen LogP contribution < -0.4 is 14.8 Å². The first-order valence-corrected chi connectivity index (χ1v) is 12.7. The van der Waals surface area contributed by atoms with E-state index in [1.54, 1.807) is 47.1 Å². The van der Waals surface area contributed by atoms with E-state index in [-0.39, 0.29) is 19.0 Å². The number of nitrogens with one attached hydrogen (secondary N) is 1. The zero-order valence-corrected chi connectivity index (χ0v) is 22.3. The van der Waals surface area contributed by atoms with Crippen LogP contribution >= 0.6 is 0 Å². The van der Waals surface area contributed by atoms with Crippen LogP contribution in [0.4, 0.5) is 0 Å². The van der Waals surface area contributed by atoms with Crippen LogP contribution in [0, 0.1) is 5.92 Å². The molecular weight excluding hydrogens is 486 g/mol.